The van der Waals surface area contributed by atoms with Crippen molar-refractivity contribution in [1.82, 2.24) is 0 Å². The van der Waals surface area contributed by atoms with E-state index in [9.17, 15) is 28.7 Å². The summed E-state index contributed by atoms with van der Waals surface area (Å²) in [5.74, 6) is -0.490. The van der Waals surface area contributed by atoms with Crippen LogP contribution in [0.25, 0.3) is 0 Å². The molecule has 1 fully saturated rings. The summed E-state index contributed by atoms with van der Waals surface area (Å²) < 4.78 is 23.8. The molecule has 138 valence electrons. The Morgan fingerprint density at radius 3 is 2.38 bits per heavy atom. The minimum atomic E-state index is -3.36. The predicted octanol–water partition coefficient (Wildman–Crippen LogP) is 1.46. The van der Waals surface area contributed by atoms with Gasteiger partial charge >= 0.3 is 0 Å². The number of rotatable bonds is 5. The first-order valence-electron chi connectivity index (χ1n) is 7.93. The zero-order valence-corrected chi connectivity index (χ0v) is 14.5. The summed E-state index contributed by atoms with van der Waals surface area (Å²) in [5.41, 5.74) is 1.24. The molecule has 0 saturated carbocycles. The Bertz CT molecular complexity index is 913. The highest BCUT2D eigenvalue weighted by molar-refractivity contribution is 7.91. The molecule has 26 heavy (non-hydrogen) atoms. The normalized spacial score (nSPS) is 21.4. The molecular weight excluding hydrogens is 360 g/mol. The highest BCUT2D eigenvalue weighted by Gasteiger charge is 2.40. The fraction of sp³-hybridized carbons (Fsp3) is 0.294. The SMILES string of the molecule is O=[N+]([O-])c1ccc(CN(c2cccc(O)c2)[C@H]2CS(=O)(=O)C[C@H]2O)cc1. The summed E-state index contributed by atoms with van der Waals surface area (Å²) >= 11 is 0. The van der Waals surface area contributed by atoms with Gasteiger partial charge in [-0.25, -0.2) is 8.42 Å². The summed E-state index contributed by atoms with van der Waals surface area (Å²) in [6.07, 6.45) is -1.06. The summed E-state index contributed by atoms with van der Waals surface area (Å²) in [6.45, 7) is 0.235. The van der Waals surface area contributed by atoms with Gasteiger partial charge in [0.25, 0.3) is 5.69 Å². The Balaban J connectivity index is 1.94. The molecule has 0 bridgehead atoms. The van der Waals surface area contributed by atoms with Crippen molar-refractivity contribution in [3.05, 3.63) is 64.2 Å². The number of aliphatic hydroxyl groups is 1. The Hall–Kier alpha value is -2.65. The van der Waals surface area contributed by atoms with Gasteiger partial charge in [0.05, 0.1) is 28.6 Å². The minimum Gasteiger partial charge on any atom is -0.508 e. The van der Waals surface area contributed by atoms with Crippen molar-refractivity contribution in [2.45, 2.75) is 18.7 Å². The second-order valence-corrected chi connectivity index (χ2v) is 8.44. The fourth-order valence-electron chi connectivity index (χ4n) is 3.10. The van der Waals surface area contributed by atoms with Gasteiger partial charge in [-0.2, -0.15) is 0 Å². The molecule has 1 heterocycles. The van der Waals surface area contributed by atoms with E-state index in [1.165, 1.54) is 24.3 Å². The molecular formula is C17H18N2O6S. The average molecular weight is 378 g/mol. The van der Waals surface area contributed by atoms with Crippen LogP contribution in [0.5, 0.6) is 5.75 Å². The van der Waals surface area contributed by atoms with E-state index in [0.717, 1.165) is 5.56 Å². The first kappa shape index (κ1) is 18.2. The van der Waals surface area contributed by atoms with Crippen LogP contribution in [0.4, 0.5) is 11.4 Å². The van der Waals surface area contributed by atoms with Crippen LogP contribution in [-0.2, 0) is 16.4 Å². The van der Waals surface area contributed by atoms with Crippen LogP contribution in [0.3, 0.4) is 0 Å². The molecule has 3 rings (SSSR count). The fourth-order valence-corrected chi connectivity index (χ4v) is 4.90. The third kappa shape index (κ3) is 3.94. The Morgan fingerprint density at radius 2 is 1.85 bits per heavy atom. The van der Waals surface area contributed by atoms with Gasteiger partial charge in [-0.15, -0.1) is 0 Å². The van der Waals surface area contributed by atoms with Gasteiger partial charge in [-0.1, -0.05) is 18.2 Å². The molecule has 8 nitrogen and oxygen atoms in total. The maximum absolute atomic E-state index is 11.9. The Kier molecular flexibility index (Phi) is 4.84. The second kappa shape index (κ2) is 6.93. The molecule has 2 atom stereocenters. The average Bonchev–Trinajstić information content (AvgIpc) is 2.85. The lowest BCUT2D eigenvalue weighted by molar-refractivity contribution is -0.384. The van der Waals surface area contributed by atoms with Crippen molar-refractivity contribution in [1.29, 1.82) is 0 Å². The van der Waals surface area contributed by atoms with E-state index in [1.54, 1.807) is 29.2 Å². The van der Waals surface area contributed by atoms with E-state index in [0.29, 0.717) is 5.69 Å². The monoisotopic (exact) mass is 378 g/mol. The number of nitro groups is 1. The number of aromatic hydroxyl groups is 1. The maximum Gasteiger partial charge on any atom is 0.269 e. The highest BCUT2D eigenvalue weighted by Crippen LogP contribution is 2.29. The van der Waals surface area contributed by atoms with Crippen LogP contribution in [-0.4, -0.2) is 47.2 Å². The number of sulfone groups is 1. The lowest BCUT2D eigenvalue weighted by atomic mass is 10.1. The number of aliphatic hydroxyl groups excluding tert-OH is 1. The van der Waals surface area contributed by atoms with Crippen molar-refractivity contribution < 1.29 is 23.6 Å². The van der Waals surface area contributed by atoms with Gasteiger partial charge in [0.15, 0.2) is 9.84 Å². The third-order valence-electron chi connectivity index (χ3n) is 4.36. The van der Waals surface area contributed by atoms with Crippen LogP contribution >= 0.6 is 0 Å². The molecule has 9 heteroatoms. The predicted molar refractivity (Wildman–Crippen MR) is 95.8 cm³/mol. The zero-order chi connectivity index (χ0) is 18.9. The van der Waals surface area contributed by atoms with E-state index in [-0.39, 0.29) is 29.5 Å². The minimum absolute atomic E-state index is 0.0199. The van der Waals surface area contributed by atoms with Crippen molar-refractivity contribution in [3.8, 4) is 5.75 Å². The molecule has 0 radical (unpaired) electrons. The molecule has 0 unspecified atom stereocenters. The lowest BCUT2D eigenvalue weighted by Crippen LogP contribution is -2.42. The topological polar surface area (TPSA) is 121 Å². The lowest BCUT2D eigenvalue weighted by Gasteiger charge is -2.32. The number of nitrogens with zero attached hydrogens (tertiary/aromatic N) is 2. The van der Waals surface area contributed by atoms with Gasteiger partial charge < -0.3 is 15.1 Å². The van der Waals surface area contributed by atoms with Gasteiger partial charge in [0.1, 0.15) is 5.75 Å². The van der Waals surface area contributed by atoms with Gasteiger partial charge in [0, 0.05) is 30.4 Å². The summed E-state index contributed by atoms with van der Waals surface area (Å²) in [5, 5.41) is 30.8. The van der Waals surface area contributed by atoms with Crippen LogP contribution in [0.1, 0.15) is 5.56 Å². The number of nitro benzene ring substituents is 1. The van der Waals surface area contributed by atoms with Gasteiger partial charge in [0.2, 0.25) is 0 Å². The van der Waals surface area contributed by atoms with Crippen molar-refractivity contribution in [3.63, 3.8) is 0 Å². The van der Waals surface area contributed by atoms with E-state index in [2.05, 4.69) is 0 Å². The Morgan fingerprint density at radius 1 is 1.15 bits per heavy atom. The van der Waals surface area contributed by atoms with Gasteiger partial charge in [-0.05, 0) is 17.7 Å². The van der Waals surface area contributed by atoms with Gasteiger partial charge in [-0.3, -0.25) is 10.1 Å². The third-order valence-corrected chi connectivity index (χ3v) is 6.05. The molecule has 2 aromatic carbocycles. The molecule has 0 aliphatic carbocycles. The number of benzene rings is 2. The van der Waals surface area contributed by atoms with Crippen molar-refractivity contribution >= 4 is 21.2 Å². The molecule has 2 N–H and O–H groups in total. The number of hydrogen-bond donors (Lipinski definition) is 2. The summed E-state index contributed by atoms with van der Waals surface area (Å²) in [4.78, 5) is 12.0. The smallest absolute Gasteiger partial charge is 0.269 e. The number of hydrogen-bond acceptors (Lipinski definition) is 7. The molecule has 0 amide bonds. The number of phenols is 1. The summed E-state index contributed by atoms with van der Waals surface area (Å²) in [6, 6.07) is 11.6. The zero-order valence-electron chi connectivity index (χ0n) is 13.7. The molecule has 0 spiro atoms. The largest absolute Gasteiger partial charge is 0.508 e. The molecule has 1 saturated heterocycles. The molecule has 1 aliphatic heterocycles. The van der Waals surface area contributed by atoms with E-state index in [1.807, 2.05) is 0 Å². The second-order valence-electron chi connectivity index (χ2n) is 6.28. The molecule has 1 aliphatic rings. The van der Waals surface area contributed by atoms with Crippen LogP contribution < -0.4 is 4.90 Å². The number of non-ortho nitro benzene ring substituents is 1. The molecule has 2 aromatic rings. The quantitative estimate of drug-likeness (QED) is 0.597. The number of anilines is 1. The summed E-state index contributed by atoms with van der Waals surface area (Å²) in [7, 11) is -3.36. The molecule has 0 aromatic heterocycles. The number of phenolic OH excluding ortho intramolecular Hbond substituents is 1. The first-order valence-corrected chi connectivity index (χ1v) is 9.75. The van der Waals surface area contributed by atoms with Crippen LogP contribution in [0, 0.1) is 10.1 Å². The van der Waals surface area contributed by atoms with E-state index in [4.69, 9.17) is 0 Å². The highest BCUT2D eigenvalue weighted by atomic mass is 32.2. The van der Waals surface area contributed by atoms with Crippen LogP contribution in [0.2, 0.25) is 0 Å². The van der Waals surface area contributed by atoms with E-state index >= 15 is 0 Å². The standard InChI is InChI=1S/C17H18N2O6S/c20-15-3-1-2-14(8-15)18(16-10-26(24,25)11-17(16)21)9-12-4-6-13(7-5-12)19(22)23/h1-8,16-17,20-21H,9-11H2/t16-,17+/m0/s1. The Labute approximate surface area is 150 Å². The van der Waals surface area contributed by atoms with Crippen molar-refractivity contribution in [2.24, 2.45) is 0 Å². The maximum atomic E-state index is 11.9. The van der Waals surface area contributed by atoms with Crippen molar-refractivity contribution in [2.75, 3.05) is 16.4 Å². The van der Waals surface area contributed by atoms with Crippen LogP contribution in [0.15, 0.2) is 48.5 Å². The van der Waals surface area contributed by atoms with E-state index < -0.39 is 26.9 Å². The first-order chi connectivity index (χ1) is 12.2.